The largest absolute Gasteiger partial charge is 0.371 e. The number of hydrogen-bond acceptors (Lipinski definition) is 3. The summed E-state index contributed by atoms with van der Waals surface area (Å²) in [7, 11) is 0. The van der Waals surface area contributed by atoms with Crippen LogP contribution in [0.25, 0.3) is 0 Å². The minimum absolute atomic E-state index is 0.148. The lowest BCUT2D eigenvalue weighted by Crippen LogP contribution is -2.33. The van der Waals surface area contributed by atoms with Crippen LogP contribution < -0.4 is 4.90 Å². The average Bonchev–Trinajstić information content (AvgIpc) is 2.37. The Hall–Kier alpha value is -1.58. The Morgan fingerprint density at radius 2 is 1.60 bits per heavy atom. The van der Waals surface area contributed by atoms with Crippen molar-refractivity contribution in [1.29, 1.82) is 0 Å². The normalized spacial score (nSPS) is 12.8. The molecule has 0 aliphatic carbocycles. The van der Waals surface area contributed by atoms with Gasteiger partial charge in [0.2, 0.25) is 0 Å². The molecule has 1 aromatic rings. The van der Waals surface area contributed by atoms with Gasteiger partial charge in [-0.2, -0.15) is 0 Å². The molecule has 0 amide bonds. The third kappa shape index (κ3) is 4.83. The topological polar surface area (TPSA) is 46.4 Å². The van der Waals surface area contributed by atoms with Gasteiger partial charge in [0.1, 0.15) is 0 Å². The Balaban J connectivity index is 2.89. The zero-order chi connectivity index (χ0) is 15.3. The maximum absolute atomic E-state index is 10.7. The first-order valence-electron chi connectivity index (χ1n) is 7.30. The summed E-state index contributed by atoms with van der Waals surface area (Å²) in [5, 5.41) is 10.7. The smallest absolute Gasteiger partial charge is 0.269 e. The van der Waals surface area contributed by atoms with Crippen LogP contribution >= 0.6 is 0 Å². The second-order valence-corrected chi connectivity index (χ2v) is 6.29. The van der Waals surface area contributed by atoms with Crippen LogP contribution in [0.2, 0.25) is 0 Å². The number of non-ortho nitro benzene ring substituents is 1. The molecule has 0 heterocycles. The fourth-order valence-electron chi connectivity index (χ4n) is 2.07. The molecule has 0 fully saturated rings. The van der Waals surface area contributed by atoms with Crippen molar-refractivity contribution < 1.29 is 4.92 Å². The van der Waals surface area contributed by atoms with Gasteiger partial charge in [0, 0.05) is 30.9 Å². The summed E-state index contributed by atoms with van der Waals surface area (Å²) < 4.78 is 0. The molecule has 1 unspecified atom stereocenters. The van der Waals surface area contributed by atoms with Crippen molar-refractivity contribution in [1.82, 2.24) is 0 Å². The summed E-state index contributed by atoms with van der Waals surface area (Å²) >= 11 is 0. The van der Waals surface area contributed by atoms with Crippen molar-refractivity contribution in [2.75, 3.05) is 18.0 Å². The van der Waals surface area contributed by atoms with Crippen LogP contribution in [0, 0.1) is 27.9 Å². The van der Waals surface area contributed by atoms with E-state index in [4.69, 9.17) is 0 Å². The summed E-state index contributed by atoms with van der Waals surface area (Å²) in [6.07, 6.45) is 0. The van der Waals surface area contributed by atoms with Gasteiger partial charge in [0.15, 0.2) is 0 Å². The quantitative estimate of drug-likeness (QED) is 0.550. The van der Waals surface area contributed by atoms with Crippen molar-refractivity contribution >= 4 is 11.4 Å². The highest BCUT2D eigenvalue weighted by Crippen LogP contribution is 2.23. The van der Waals surface area contributed by atoms with Gasteiger partial charge in [-0.05, 0) is 29.9 Å². The molecule has 0 aromatic heterocycles. The first kappa shape index (κ1) is 16.5. The maximum atomic E-state index is 10.7. The summed E-state index contributed by atoms with van der Waals surface area (Å²) in [5.41, 5.74) is 1.21. The molecular formula is C16H26N2O2. The van der Waals surface area contributed by atoms with Crippen LogP contribution in [0.5, 0.6) is 0 Å². The SMILES string of the molecule is CC(C)CN(CC(C)C(C)C)c1ccc([N+](=O)[O-])cc1. The van der Waals surface area contributed by atoms with E-state index in [-0.39, 0.29) is 10.6 Å². The Bertz CT molecular complexity index is 427. The standard InChI is InChI=1S/C16H26N2O2/c1-12(2)10-17(11-14(5)13(3)4)15-6-8-16(9-7-15)18(19)20/h6-9,12-14H,10-11H2,1-5H3. The van der Waals surface area contributed by atoms with Gasteiger partial charge in [0.05, 0.1) is 4.92 Å². The zero-order valence-electron chi connectivity index (χ0n) is 13.2. The van der Waals surface area contributed by atoms with Crippen molar-refractivity contribution in [3.8, 4) is 0 Å². The van der Waals surface area contributed by atoms with Crippen molar-refractivity contribution in [2.24, 2.45) is 17.8 Å². The second kappa shape index (κ2) is 7.27. The third-order valence-corrected chi connectivity index (χ3v) is 3.66. The molecule has 112 valence electrons. The number of rotatable bonds is 7. The lowest BCUT2D eigenvalue weighted by molar-refractivity contribution is -0.384. The van der Waals surface area contributed by atoms with Gasteiger partial charge in [-0.1, -0.05) is 34.6 Å². The van der Waals surface area contributed by atoms with E-state index >= 15 is 0 Å². The van der Waals surface area contributed by atoms with Crippen LogP contribution in [0.3, 0.4) is 0 Å². The Labute approximate surface area is 121 Å². The van der Waals surface area contributed by atoms with E-state index in [0.29, 0.717) is 17.8 Å². The molecule has 0 aliphatic heterocycles. The number of nitro groups is 1. The maximum Gasteiger partial charge on any atom is 0.269 e. The molecule has 0 aliphatic rings. The zero-order valence-corrected chi connectivity index (χ0v) is 13.2. The summed E-state index contributed by atoms with van der Waals surface area (Å²) in [6.45, 7) is 13.0. The Morgan fingerprint density at radius 1 is 1.05 bits per heavy atom. The van der Waals surface area contributed by atoms with Crippen molar-refractivity contribution in [3.05, 3.63) is 34.4 Å². The van der Waals surface area contributed by atoms with Crippen LogP contribution in [0.15, 0.2) is 24.3 Å². The first-order valence-corrected chi connectivity index (χ1v) is 7.30. The lowest BCUT2D eigenvalue weighted by Gasteiger charge is -2.31. The van der Waals surface area contributed by atoms with Crippen LogP contribution in [0.4, 0.5) is 11.4 Å². The fraction of sp³-hybridized carbons (Fsp3) is 0.625. The van der Waals surface area contributed by atoms with E-state index in [1.807, 2.05) is 12.1 Å². The average molecular weight is 278 g/mol. The van der Waals surface area contributed by atoms with E-state index < -0.39 is 0 Å². The van der Waals surface area contributed by atoms with E-state index in [2.05, 4.69) is 39.5 Å². The van der Waals surface area contributed by atoms with Gasteiger partial charge in [-0.3, -0.25) is 10.1 Å². The predicted molar refractivity (Wildman–Crippen MR) is 84.1 cm³/mol. The number of hydrogen-bond donors (Lipinski definition) is 0. The molecule has 0 spiro atoms. The van der Waals surface area contributed by atoms with Crippen LogP contribution in [-0.4, -0.2) is 18.0 Å². The molecule has 1 atom stereocenters. The molecule has 0 saturated heterocycles. The highest BCUT2D eigenvalue weighted by Gasteiger charge is 2.16. The molecular weight excluding hydrogens is 252 g/mol. The Kier molecular flexibility index (Phi) is 5.99. The lowest BCUT2D eigenvalue weighted by atomic mass is 9.97. The number of nitro benzene ring substituents is 1. The monoisotopic (exact) mass is 278 g/mol. The summed E-state index contributed by atoms with van der Waals surface area (Å²) in [5.74, 6) is 1.77. The highest BCUT2D eigenvalue weighted by molar-refractivity contribution is 5.51. The predicted octanol–water partition coefficient (Wildman–Crippen LogP) is 4.35. The van der Waals surface area contributed by atoms with E-state index in [9.17, 15) is 10.1 Å². The number of anilines is 1. The molecule has 0 bridgehead atoms. The molecule has 1 rings (SSSR count). The molecule has 0 radical (unpaired) electrons. The van der Waals surface area contributed by atoms with Gasteiger partial charge in [0.25, 0.3) is 5.69 Å². The summed E-state index contributed by atoms with van der Waals surface area (Å²) in [6, 6.07) is 6.88. The second-order valence-electron chi connectivity index (χ2n) is 6.29. The highest BCUT2D eigenvalue weighted by atomic mass is 16.6. The van der Waals surface area contributed by atoms with E-state index in [1.165, 1.54) is 0 Å². The molecule has 4 heteroatoms. The van der Waals surface area contributed by atoms with Crippen molar-refractivity contribution in [2.45, 2.75) is 34.6 Å². The van der Waals surface area contributed by atoms with E-state index in [1.54, 1.807) is 12.1 Å². The fourth-order valence-corrected chi connectivity index (χ4v) is 2.07. The van der Waals surface area contributed by atoms with E-state index in [0.717, 1.165) is 18.8 Å². The van der Waals surface area contributed by atoms with Gasteiger partial charge < -0.3 is 4.90 Å². The molecule has 20 heavy (non-hydrogen) atoms. The molecule has 1 aromatic carbocycles. The van der Waals surface area contributed by atoms with Gasteiger partial charge in [-0.15, -0.1) is 0 Å². The molecule has 0 N–H and O–H groups in total. The minimum Gasteiger partial charge on any atom is -0.371 e. The van der Waals surface area contributed by atoms with Crippen LogP contribution in [-0.2, 0) is 0 Å². The first-order chi connectivity index (χ1) is 9.31. The summed E-state index contributed by atoms with van der Waals surface area (Å²) in [4.78, 5) is 12.7. The molecule has 4 nitrogen and oxygen atoms in total. The minimum atomic E-state index is -0.354. The van der Waals surface area contributed by atoms with Crippen molar-refractivity contribution in [3.63, 3.8) is 0 Å². The van der Waals surface area contributed by atoms with Gasteiger partial charge in [-0.25, -0.2) is 0 Å². The Morgan fingerprint density at radius 3 is 2.00 bits per heavy atom. The molecule has 0 saturated carbocycles. The third-order valence-electron chi connectivity index (χ3n) is 3.66. The van der Waals surface area contributed by atoms with Crippen LogP contribution in [0.1, 0.15) is 34.6 Å². The number of nitrogens with zero attached hydrogens (tertiary/aromatic N) is 2. The van der Waals surface area contributed by atoms with Gasteiger partial charge >= 0.3 is 0 Å². The number of benzene rings is 1.